The van der Waals surface area contributed by atoms with Crippen LogP contribution in [0.2, 0.25) is 0 Å². The number of benzene rings is 1. The highest BCUT2D eigenvalue weighted by atomic mass is 16.5. The summed E-state index contributed by atoms with van der Waals surface area (Å²) in [7, 11) is 5.25. The minimum Gasteiger partial charge on any atom is -0.481 e. The van der Waals surface area contributed by atoms with Gasteiger partial charge in [0.25, 0.3) is 11.8 Å². The van der Waals surface area contributed by atoms with Crippen molar-refractivity contribution >= 4 is 17.6 Å². The molecular weight excluding hydrogens is 458 g/mol. The van der Waals surface area contributed by atoms with E-state index in [9.17, 15) is 9.59 Å². The Morgan fingerprint density at radius 1 is 1.14 bits per heavy atom. The summed E-state index contributed by atoms with van der Waals surface area (Å²) >= 11 is 0. The van der Waals surface area contributed by atoms with Crippen molar-refractivity contribution in [3.8, 4) is 17.4 Å². The van der Waals surface area contributed by atoms with Crippen molar-refractivity contribution in [1.29, 1.82) is 0 Å². The molecule has 0 saturated carbocycles. The predicted molar refractivity (Wildman–Crippen MR) is 138 cm³/mol. The average Bonchev–Trinajstić information content (AvgIpc) is 2.87. The minimum absolute atomic E-state index is 0.235. The van der Waals surface area contributed by atoms with Gasteiger partial charge in [-0.25, -0.2) is 9.97 Å². The van der Waals surface area contributed by atoms with Gasteiger partial charge in [0, 0.05) is 61.9 Å². The lowest BCUT2D eigenvalue weighted by Gasteiger charge is -2.13. The number of anilines is 1. The van der Waals surface area contributed by atoms with Gasteiger partial charge in [-0.05, 0) is 43.0 Å². The number of rotatable bonds is 10. The molecule has 0 bridgehead atoms. The Labute approximate surface area is 210 Å². The lowest BCUT2D eigenvalue weighted by Crippen LogP contribution is -2.23. The van der Waals surface area contributed by atoms with Crippen LogP contribution >= 0.6 is 0 Å². The van der Waals surface area contributed by atoms with Crippen LogP contribution in [0.25, 0.3) is 0 Å². The van der Waals surface area contributed by atoms with Crippen LogP contribution < -0.4 is 20.1 Å². The first-order valence-corrected chi connectivity index (χ1v) is 11.1. The van der Waals surface area contributed by atoms with E-state index in [0.29, 0.717) is 40.9 Å². The highest BCUT2D eigenvalue weighted by Gasteiger charge is 2.14. The number of nitrogens with zero attached hydrogens (tertiary/aromatic N) is 3. The van der Waals surface area contributed by atoms with Gasteiger partial charge in [-0.1, -0.05) is 18.7 Å². The summed E-state index contributed by atoms with van der Waals surface area (Å²) in [6, 6.07) is 12.1. The summed E-state index contributed by atoms with van der Waals surface area (Å²) < 4.78 is 11.1. The number of carbonyl (C=O) groups excluding carboxylic acids is 2. The molecule has 0 fully saturated rings. The molecule has 2 aromatic heterocycles. The molecule has 0 unspecified atom stereocenters. The maximum absolute atomic E-state index is 12.8. The second-order valence-corrected chi connectivity index (χ2v) is 8.06. The van der Waals surface area contributed by atoms with Gasteiger partial charge >= 0.3 is 0 Å². The third-order valence-corrected chi connectivity index (χ3v) is 5.05. The van der Waals surface area contributed by atoms with Crippen molar-refractivity contribution in [1.82, 2.24) is 20.2 Å². The quantitative estimate of drug-likeness (QED) is 0.328. The normalized spacial score (nSPS) is 10.6. The van der Waals surface area contributed by atoms with Crippen molar-refractivity contribution in [2.24, 2.45) is 0 Å². The van der Waals surface area contributed by atoms with Gasteiger partial charge in [0.15, 0.2) is 0 Å². The first-order valence-electron chi connectivity index (χ1n) is 11.1. The number of carbonyl (C=O) groups is 2. The molecule has 36 heavy (non-hydrogen) atoms. The molecule has 0 aliphatic carbocycles. The third-order valence-electron chi connectivity index (χ3n) is 5.05. The van der Waals surface area contributed by atoms with Crippen molar-refractivity contribution in [2.75, 3.05) is 26.5 Å². The number of amides is 2. The Kier molecular flexibility index (Phi) is 8.77. The molecule has 0 aliphatic rings. The zero-order chi connectivity index (χ0) is 26.1. The summed E-state index contributed by atoms with van der Waals surface area (Å²) in [5.74, 6) is 1.18. The average molecular weight is 488 g/mol. The Hall–Kier alpha value is -4.66. The highest BCUT2D eigenvalue weighted by Crippen LogP contribution is 2.28. The third kappa shape index (κ3) is 7.17. The Bertz CT molecular complexity index is 1270. The zero-order valence-electron chi connectivity index (χ0n) is 20.7. The number of pyridine rings is 2. The molecule has 0 spiro atoms. The molecule has 186 valence electrons. The predicted octanol–water partition coefficient (Wildman–Crippen LogP) is 4.09. The molecule has 2 amide bonds. The van der Waals surface area contributed by atoms with Crippen LogP contribution in [-0.4, -0.2) is 47.9 Å². The summed E-state index contributed by atoms with van der Waals surface area (Å²) in [6.45, 7) is 5.89. The molecule has 0 radical (unpaired) electrons. The topological polar surface area (TPSA) is 106 Å². The van der Waals surface area contributed by atoms with E-state index in [1.54, 1.807) is 66.9 Å². The molecular formula is C27H29N5O4. The van der Waals surface area contributed by atoms with Gasteiger partial charge in [0.2, 0.25) is 5.88 Å². The maximum atomic E-state index is 12.8. The second-order valence-electron chi connectivity index (χ2n) is 8.06. The first kappa shape index (κ1) is 26.0. The Balaban J connectivity index is 1.67. The van der Waals surface area contributed by atoms with E-state index in [2.05, 4.69) is 27.2 Å². The van der Waals surface area contributed by atoms with Gasteiger partial charge in [0.05, 0.1) is 7.11 Å². The number of hydrogen-bond acceptors (Lipinski definition) is 7. The van der Waals surface area contributed by atoms with Crippen molar-refractivity contribution in [3.63, 3.8) is 0 Å². The highest BCUT2D eigenvalue weighted by molar-refractivity contribution is 6.04. The van der Waals surface area contributed by atoms with Crippen LogP contribution in [0, 0.1) is 6.92 Å². The van der Waals surface area contributed by atoms with E-state index in [1.165, 1.54) is 6.20 Å². The largest absolute Gasteiger partial charge is 0.481 e. The fourth-order valence-electron chi connectivity index (χ4n) is 3.07. The first-order chi connectivity index (χ1) is 17.3. The number of ether oxygens (including phenoxy) is 2. The summed E-state index contributed by atoms with van der Waals surface area (Å²) in [5, 5.41) is 5.59. The van der Waals surface area contributed by atoms with Crippen molar-refractivity contribution in [3.05, 3.63) is 96.0 Å². The van der Waals surface area contributed by atoms with Gasteiger partial charge in [0.1, 0.15) is 17.3 Å². The standard InChI is InChI=1S/C27H29N5O4/c1-18(12-14-32(3)4)26(33)31-24-15-21(11-13-28-24)36-23-8-6-7-22(19(23)2)27(34)30-17-20-9-10-25(35-5)29-16-20/h6-16H,1,17H2,2-5H3,(H,30,34)(H,28,31,33)/b14-12-. The number of hydrogen-bond donors (Lipinski definition) is 2. The monoisotopic (exact) mass is 487 g/mol. The molecule has 0 saturated heterocycles. The Morgan fingerprint density at radius 2 is 1.94 bits per heavy atom. The molecule has 0 aliphatic heterocycles. The van der Waals surface area contributed by atoms with Crippen LogP contribution in [0.4, 0.5) is 5.82 Å². The summed E-state index contributed by atoms with van der Waals surface area (Å²) in [4.78, 5) is 35.3. The molecule has 1 aromatic carbocycles. The smallest absolute Gasteiger partial charge is 0.256 e. The van der Waals surface area contributed by atoms with E-state index in [1.807, 2.05) is 27.1 Å². The molecule has 0 atom stereocenters. The number of methoxy groups -OCH3 is 1. The van der Waals surface area contributed by atoms with Crippen molar-refractivity contribution < 1.29 is 19.1 Å². The van der Waals surface area contributed by atoms with Gasteiger partial charge in [-0.2, -0.15) is 0 Å². The molecule has 9 heteroatoms. The Morgan fingerprint density at radius 3 is 2.64 bits per heavy atom. The van der Waals surface area contributed by atoms with Crippen LogP contribution in [0.15, 0.2) is 79.3 Å². The number of nitrogens with one attached hydrogen (secondary N) is 2. The van der Waals surface area contributed by atoms with Gasteiger partial charge < -0.3 is 25.0 Å². The fourth-order valence-corrected chi connectivity index (χ4v) is 3.07. The summed E-state index contributed by atoms with van der Waals surface area (Å²) in [5.41, 5.74) is 2.30. The minimum atomic E-state index is -0.375. The van der Waals surface area contributed by atoms with E-state index >= 15 is 0 Å². The molecule has 3 aromatic rings. The maximum Gasteiger partial charge on any atom is 0.256 e. The van der Waals surface area contributed by atoms with Gasteiger partial charge in [-0.3, -0.25) is 9.59 Å². The molecule has 3 rings (SSSR count). The summed E-state index contributed by atoms with van der Waals surface area (Å²) in [6.07, 6.45) is 6.52. The second kappa shape index (κ2) is 12.2. The number of aromatic nitrogens is 2. The van der Waals surface area contributed by atoms with E-state index in [0.717, 1.165) is 5.56 Å². The SMILES string of the molecule is C=C(/C=C\N(C)C)C(=O)Nc1cc(Oc2cccc(C(=O)NCc3ccc(OC)nc3)c2C)ccn1. The van der Waals surface area contributed by atoms with Gasteiger partial charge in [-0.15, -0.1) is 0 Å². The lowest BCUT2D eigenvalue weighted by atomic mass is 10.1. The molecule has 9 nitrogen and oxygen atoms in total. The van der Waals surface area contributed by atoms with Crippen LogP contribution in [0.3, 0.4) is 0 Å². The lowest BCUT2D eigenvalue weighted by molar-refractivity contribution is -0.112. The fraction of sp³-hybridized carbons (Fsp3) is 0.185. The van der Waals surface area contributed by atoms with Crippen LogP contribution in [0.1, 0.15) is 21.5 Å². The van der Waals surface area contributed by atoms with E-state index in [4.69, 9.17) is 9.47 Å². The van der Waals surface area contributed by atoms with Crippen molar-refractivity contribution in [2.45, 2.75) is 13.5 Å². The molecule has 2 heterocycles. The van der Waals surface area contributed by atoms with E-state index in [-0.39, 0.29) is 17.4 Å². The van der Waals surface area contributed by atoms with Crippen LogP contribution in [-0.2, 0) is 11.3 Å². The zero-order valence-corrected chi connectivity index (χ0v) is 20.7. The van der Waals surface area contributed by atoms with Crippen LogP contribution in [0.5, 0.6) is 17.4 Å². The molecule has 2 N–H and O–H groups in total. The van der Waals surface area contributed by atoms with E-state index < -0.39 is 0 Å².